The van der Waals surface area contributed by atoms with Crippen LogP contribution in [0.3, 0.4) is 0 Å². The van der Waals surface area contributed by atoms with Crippen LogP contribution < -0.4 is 4.90 Å². The van der Waals surface area contributed by atoms with E-state index in [9.17, 15) is 15.2 Å². The SMILES string of the molecule is O=[N+]([O-])c1ccc(CO)cc1N1CCC2(CCOC2)C1. The van der Waals surface area contributed by atoms with Gasteiger partial charge in [0.05, 0.1) is 18.1 Å². The second-order valence-electron chi connectivity index (χ2n) is 5.71. The first kappa shape index (κ1) is 13.3. The molecule has 0 aromatic heterocycles. The van der Waals surface area contributed by atoms with Crippen LogP contribution in [0.15, 0.2) is 18.2 Å². The highest BCUT2D eigenvalue weighted by Gasteiger charge is 2.42. The van der Waals surface area contributed by atoms with Gasteiger partial charge in [-0.2, -0.15) is 0 Å². The van der Waals surface area contributed by atoms with Gasteiger partial charge in [0.1, 0.15) is 5.69 Å². The fourth-order valence-corrected chi connectivity index (χ4v) is 3.19. The minimum atomic E-state index is -0.355. The van der Waals surface area contributed by atoms with Crippen LogP contribution >= 0.6 is 0 Å². The molecule has 6 heteroatoms. The van der Waals surface area contributed by atoms with Crippen molar-refractivity contribution in [2.75, 3.05) is 31.2 Å². The Labute approximate surface area is 117 Å². The van der Waals surface area contributed by atoms with Gasteiger partial charge in [0.25, 0.3) is 5.69 Å². The van der Waals surface area contributed by atoms with Crippen molar-refractivity contribution < 1.29 is 14.8 Å². The Morgan fingerprint density at radius 3 is 2.95 bits per heavy atom. The third-order valence-corrected chi connectivity index (χ3v) is 4.38. The molecule has 1 atom stereocenters. The highest BCUT2D eigenvalue weighted by molar-refractivity contribution is 5.65. The molecule has 0 radical (unpaired) electrons. The number of hydrogen-bond acceptors (Lipinski definition) is 5. The molecule has 1 spiro atoms. The van der Waals surface area contributed by atoms with Gasteiger partial charge in [-0.05, 0) is 30.5 Å². The monoisotopic (exact) mass is 278 g/mol. The van der Waals surface area contributed by atoms with E-state index in [1.165, 1.54) is 6.07 Å². The van der Waals surface area contributed by atoms with E-state index < -0.39 is 0 Å². The van der Waals surface area contributed by atoms with Gasteiger partial charge in [0.15, 0.2) is 0 Å². The number of nitrogens with zero attached hydrogens (tertiary/aromatic N) is 2. The van der Waals surface area contributed by atoms with Gasteiger partial charge < -0.3 is 14.7 Å². The molecule has 1 N–H and O–H groups in total. The number of aliphatic hydroxyl groups excluding tert-OH is 1. The molecule has 0 bridgehead atoms. The van der Waals surface area contributed by atoms with Crippen LogP contribution in [-0.2, 0) is 11.3 Å². The standard InChI is InChI=1S/C14H18N2O4/c17-8-11-1-2-12(16(18)19)13(7-11)15-5-3-14(9-15)4-6-20-10-14/h1-2,7,17H,3-6,8-10H2. The van der Waals surface area contributed by atoms with E-state index in [-0.39, 0.29) is 22.6 Å². The molecule has 2 heterocycles. The van der Waals surface area contributed by atoms with Gasteiger partial charge in [0, 0.05) is 31.2 Å². The molecule has 3 rings (SSSR count). The van der Waals surface area contributed by atoms with Gasteiger partial charge >= 0.3 is 0 Å². The normalized spacial score (nSPS) is 25.6. The largest absolute Gasteiger partial charge is 0.392 e. The molecule has 0 saturated carbocycles. The lowest BCUT2D eigenvalue weighted by Crippen LogP contribution is -2.27. The molecule has 2 saturated heterocycles. The average Bonchev–Trinajstić information content (AvgIpc) is 3.09. The Bertz CT molecular complexity index is 526. The van der Waals surface area contributed by atoms with E-state index in [4.69, 9.17) is 4.74 Å². The van der Waals surface area contributed by atoms with Gasteiger partial charge in [-0.3, -0.25) is 10.1 Å². The maximum absolute atomic E-state index is 11.2. The molecule has 2 fully saturated rings. The minimum Gasteiger partial charge on any atom is -0.392 e. The number of aliphatic hydroxyl groups is 1. The fourth-order valence-electron chi connectivity index (χ4n) is 3.19. The Hall–Kier alpha value is -1.66. The van der Waals surface area contributed by atoms with Crippen molar-refractivity contribution in [1.82, 2.24) is 0 Å². The molecule has 1 unspecified atom stereocenters. The summed E-state index contributed by atoms with van der Waals surface area (Å²) in [5, 5.41) is 20.4. The molecular formula is C14H18N2O4. The highest BCUT2D eigenvalue weighted by atomic mass is 16.6. The summed E-state index contributed by atoms with van der Waals surface area (Å²) < 4.78 is 5.49. The van der Waals surface area contributed by atoms with E-state index in [1.54, 1.807) is 12.1 Å². The Balaban J connectivity index is 1.91. The maximum Gasteiger partial charge on any atom is 0.292 e. The van der Waals surface area contributed by atoms with Crippen molar-refractivity contribution in [3.05, 3.63) is 33.9 Å². The molecule has 6 nitrogen and oxygen atoms in total. The lowest BCUT2D eigenvalue weighted by atomic mass is 9.87. The smallest absolute Gasteiger partial charge is 0.292 e. The van der Waals surface area contributed by atoms with Crippen molar-refractivity contribution in [2.45, 2.75) is 19.4 Å². The Morgan fingerprint density at radius 1 is 1.45 bits per heavy atom. The predicted molar refractivity (Wildman–Crippen MR) is 73.7 cm³/mol. The van der Waals surface area contributed by atoms with Crippen LogP contribution in [0.25, 0.3) is 0 Å². The lowest BCUT2D eigenvalue weighted by molar-refractivity contribution is -0.384. The molecule has 1 aromatic carbocycles. The van der Waals surface area contributed by atoms with Crippen molar-refractivity contribution >= 4 is 11.4 Å². The average molecular weight is 278 g/mol. The molecule has 20 heavy (non-hydrogen) atoms. The van der Waals surface area contributed by atoms with Crippen LogP contribution in [0.4, 0.5) is 11.4 Å². The van der Waals surface area contributed by atoms with E-state index in [0.29, 0.717) is 11.3 Å². The molecule has 0 aliphatic carbocycles. The van der Waals surface area contributed by atoms with Crippen LogP contribution in [0.2, 0.25) is 0 Å². The number of rotatable bonds is 3. The van der Waals surface area contributed by atoms with E-state index >= 15 is 0 Å². The predicted octanol–water partition coefficient (Wildman–Crippen LogP) is 1.70. The molecular weight excluding hydrogens is 260 g/mol. The zero-order valence-corrected chi connectivity index (χ0v) is 11.2. The van der Waals surface area contributed by atoms with Crippen LogP contribution in [0.5, 0.6) is 0 Å². The quantitative estimate of drug-likeness (QED) is 0.672. The van der Waals surface area contributed by atoms with Crippen LogP contribution in [0.1, 0.15) is 18.4 Å². The number of anilines is 1. The number of hydrogen-bond donors (Lipinski definition) is 1. The molecule has 2 aliphatic rings. The summed E-state index contributed by atoms with van der Waals surface area (Å²) in [5.41, 5.74) is 1.58. The summed E-state index contributed by atoms with van der Waals surface area (Å²) in [6.07, 6.45) is 2.03. The third kappa shape index (κ3) is 2.25. The maximum atomic E-state index is 11.2. The summed E-state index contributed by atoms with van der Waals surface area (Å²) in [4.78, 5) is 12.9. The third-order valence-electron chi connectivity index (χ3n) is 4.38. The summed E-state index contributed by atoms with van der Waals surface area (Å²) in [6, 6.07) is 4.82. The molecule has 1 aromatic rings. The van der Waals surface area contributed by atoms with Crippen LogP contribution in [0, 0.1) is 15.5 Å². The van der Waals surface area contributed by atoms with Crippen molar-refractivity contribution in [1.29, 1.82) is 0 Å². The number of nitro groups is 1. The van der Waals surface area contributed by atoms with E-state index in [0.717, 1.165) is 39.1 Å². The van der Waals surface area contributed by atoms with Gasteiger partial charge in [-0.15, -0.1) is 0 Å². The van der Waals surface area contributed by atoms with Gasteiger partial charge in [-0.1, -0.05) is 0 Å². The second-order valence-corrected chi connectivity index (χ2v) is 5.71. The summed E-state index contributed by atoms with van der Waals surface area (Å²) >= 11 is 0. The number of nitro benzene ring substituents is 1. The second kappa shape index (κ2) is 5.03. The van der Waals surface area contributed by atoms with Gasteiger partial charge in [0.2, 0.25) is 0 Å². The van der Waals surface area contributed by atoms with Crippen LogP contribution in [-0.4, -0.2) is 36.3 Å². The molecule has 108 valence electrons. The lowest BCUT2D eigenvalue weighted by Gasteiger charge is -2.23. The topological polar surface area (TPSA) is 75.8 Å². The first-order chi connectivity index (χ1) is 9.63. The zero-order valence-electron chi connectivity index (χ0n) is 11.2. The minimum absolute atomic E-state index is 0.104. The fraction of sp³-hybridized carbons (Fsp3) is 0.571. The zero-order chi connectivity index (χ0) is 14.2. The number of benzene rings is 1. The summed E-state index contributed by atoms with van der Waals surface area (Å²) in [5.74, 6) is 0. The van der Waals surface area contributed by atoms with Crippen molar-refractivity contribution in [3.8, 4) is 0 Å². The molecule has 0 amide bonds. The Kier molecular flexibility index (Phi) is 3.35. The van der Waals surface area contributed by atoms with Crippen molar-refractivity contribution in [2.24, 2.45) is 5.41 Å². The summed E-state index contributed by atoms with van der Waals surface area (Å²) in [6.45, 7) is 3.03. The number of ether oxygens (including phenoxy) is 1. The van der Waals surface area contributed by atoms with E-state index in [1.807, 2.05) is 0 Å². The van der Waals surface area contributed by atoms with Crippen molar-refractivity contribution in [3.63, 3.8) is 0 Å². The first-order valence-electron chi connectivity index (χ1n) is 6.84. The highest BCUT2D eigenvalue weighted by Crippen LogP contribution is 2.42. The summed E-state index contributed by atoms with van der Waals surface area (Å²) in [7, 11) is 0. The van der Waals surface area contributed by atoms with E-state index in [2.05, 4.69) is 4.90 Å². The first-order valence-corrected chi connectivity index (χ1v) is 6.84. The Morgan fingerprint density at radius 2 is 2.30 bits per heavy atom. The van der Waals surface area contributed by atoms with Gasteiger partial charge in [-0.25, -0.2) is 0 Å². The molecule has 2 aliphatic heterocycles.